The van der Waals surface area contributed by atoms with Crippen LogP contribution in [0.1, 0.15) is 12.0 Å². The molecular weight excluding hydrogens is 406 g/mol. The Kier molecular flexibility index (Phi) is 4.23. The van der Waals surface area contributed by atoms with Gasteiger partial charge in [0.2, 0.25) is 0 Å². The molecule has 3 aliphatic rings. The van der Waals surface area contributed by atoms with E-state index in [4.69, 9.17) is 4.98 Å². The van der Waals surface area contributed by atoms with Gasteiger partial charge in [0, 0.05) is 72.3 Å². The molecule has 8 rings (SSSR count). The predicted octanol–water partition coefficient (Wildman–Crippen LogP) is 5.27. The third-order valence-corrected chi connectivity index (χ3v) is 7.57. The van der Waals surface area contributed by atoms with Gasteiger partial charge in [-0.05, 0) is 59.8 Å². The minimum absolute atomic E-state index is 0.734. The highest BCUT2D eigenvalue weighted by molar-refractivity contribution is 5.98. The minimum Gasteiger partial charge on any atom is -0.361 e. The molecule has 3 aromatic heterocycles. The maximum atomic E-state index is 4.72. The summed E-state index contributed by atoms with van der Waals surface area (Å²) in [5, 5.41) is 2.38. The summed E-state index contributed by atoms with van der Waals surface area (Å²) in [6, 6.07) is 21.5. The highest BCUT2D eigenvalue weighted by Crippen LogP contribution is 2.34. The van der Waals surface area contributed by atoms with Crippen LogP contribution in [0.2, 0.25) is 0 Å². The summed E-state index contributed by atoms with van der Waals surface area (Å²) in [6.45, 7) is 3.47. The van der Waals surface area contributed by atoms with Gasteiger partial charge >= 0.3 is 0 Å². The lowest BCUT2D eigenvalue weighted by Gasteiger charge is -2.56. The molecule has 2 N–H and O–H groups in total. The van der Waals surface area contributed by atoms with Gasteiger partial charge in [-0.15, -0.1) is 0 Å². The van der Waals surface area contributed by atoms with E-state index in [0.717, 1.165) is 40.7 Å². The van der Waals surface area contributed by atoms with E-state index in [9.17, 15) is 0 Å². The third kappa shape index (κ3) is 3.19. The smallest absolute Gasteiger partial charge is 0.137 e. The third-order valence-electron chi connectivity index (χ3n) is 7.57. The zero-order valence-electron chi connectivity index (χ0n) is 18.8. The first kappa shape index (κ1) is 19.1. The molecule has 5 heteroatoms. The van der Waals surface area contributed by atoms with Gasteiger partial charge < -0.3 is 14.9 Å². The number of aromatic amines is 2. The molecule has 0 radical (unpaired) electrons. The molecule has 3 saturated heterocycles. The van der Waals surface area contributed by atoms with E-state index in [-0.39, 0.29) is 0 Å². The fourth-order valence-corrected chi connectivity index (χ4v) is 5.79. The average Bonchev–Trinajstić information content (AvgIpc) is 3.48. The summed E-state index contributed by atoms with van der Waals surface area (Å²) >= 11 is 0. The number of H-pyrrole nitrogens is 2. The van der Waals surface area contributed by atoms with Crippen molar-refractivity contribution >= 4 is 21.9 Å². The standard InChI is InChI=1S/C28H27N5/c1-32-16-23-12-24(17-32)33(23)15-18-2-4-19(5-3-18)22-11-25-26(14-31-28(25)30-13-22)20-6-7-27-21(10-20)8-9-29-27/h2-11,13-14,23-24,29H,12,15-17H2,1H3,(H,30,31). The summed E-state index contributed by atoms with van der Waals surface area (Å²) in [5.41, 5.74) is 8.24. The van der Waals surface area contributed by atoms with Gasteiger partial charge in [-0.2, -0.15) is 0 Å². The number of hydrogen-bond donors (Lipinski definition) is 2. The molecule has 6 heterocycles. The fourth-order valence-electron chi connectivity index (χ4n) is 5.79. The Bertz CT molecular complexity index is 1450. The molecule has 3 aliphatic heterocycles. The van der Waals surface area contributed by atoms with Crippen molar-refractivity contribution in [1.29, 1.82) is 0 Å². The first-order chi connectivity index (χ1) is 16.2. The van der Waals surface area contributed by atoms with Crippen LogP contribution in [0, 0.1) is 0 Å². The molecule has 2 aromatic carbocycles. The lowest BCUT2D eigenvalue weighted by molar-refractivity contribution is -0.0668. The highest BCUT2D eigenvalue weighted by Gasteiger charge is 2.43. The molecule has 0 spiro atoms. The van der Waals surface area contributed by atoms with Crippen LogP contribution in [0.25, 0.3) is 44.2 Å². The number of fused-ring (bicyclic) bond motifs is 4. The number of rotatable bonds is 4. The second-order valence-electron chi connectivity index (χ2n) is 9.74. The van der Waals surface area contributed by atoms with Crippen molar-refractivity contribution in [1.82, 2.24) is 24.8 Å². The molecule has 5 aromatic rings. The van der Waals surface area contributed by atoms with E-state index < -0.39 is 0 Å². The van der Waals surface area contributed by atoms with E-state index in [1.165, 1.54) is 47.2 Å². The number of aromatic nitrogens is 3. The second-order valence-corrected chi connectivity index (χ2v) is 9.74. The number of nitrogens with zero attached hydrogens (tertiary/aromatic N) is 3. The SMILES string of the molecule is CN1CC2CC(C1)N2Cc1ccc(-c2cnc3[nH]cc(-c4ccc5[nH]ccc5c4)c3c2)cc1. The molecule has 33 heavy (non-hydrogen) atoms. The number of benzene rings is 2. The molecular formula is C28H27N5. The second kappa shape index (κ2) is 7.30. The molecule has 2 atom stereocenters. The quantitative estimate of drug-likeness (QED) is 0.406. The van der Waals surface area contributed by atoms with Crippen molar-refractivity contribution in [3.8, 4) is 22.3 Å². The van der Waals surface area contributed by atoms with Crippen molar-refractivity contribution in [2.45, 2.75) is 25.0 Å². The van der Waals surface area contributed by atoms with Crippen LogP contribution < -0.4 is 0 Å². The highest BCUT2D eigenvalue weighted by atomic mass is 15.3. The molecule has 0 saturated carbocycles. The topological polar surface area (TPSA) is 50.9 Å². The molecule has 164 valence electrons. The summed E-state index contributed by atoms with van der Waals surface area (Å²) in [4.78, 5) is 16.5. The summed E-state index contributed by atoms with van der Waals surface area (Å²) in [6.07, 6.45) is 7.40. The summed E-state index contributed by atoms with van der Waals surface area (Å²) in [7, 11) is 2.24. The normalized spacial score (nSPS) is 21.0. The maximum absolute atomic E-state index is 4.72. The average molecular weight is 434 g/mol. The fraction of sp³-hybridized carbons (Fsp3) is 0.250. The van der Waals surface area contributed by atoms with Gasteiger partial charge in [-0.3, -0.25) is 4.90 Å². The molecule has 3 fully saturated rings. The van der Waals surface area contributed by atoms with Gasteiger partial charge in [0.15, 0.2) is 0 Å². The summed E-state index contributed by atoms with van der Waals surface area (Å²) in [5.74, 6) is 0. The molecule has 2 unspecified atom stereocenters. The number of piperidine rings is 1. The Morgan fingerprint density at radius 1 is 0.909 bits per heavy atom. The van der Waals surface area contributed by atoms with Crippen molar-refractivity contribution in [2.24, 2.45) is 0 Å². The summed E-state index contributed by atoms with van der Waals surface area (Å²) < 4.78 is 0. The lowest BCUT2D eigenvalue weighted by Crippen LogP contribution is -2.67. The Balaban J connectivity index is 1.17. The molecule has 2 bridgehead atoms. The Labute approximate surface area is 193 Å². The van der Waals surface area contributed by atoms with E-state index in [2.05, 4.69) is 87.6 Å². The number of likely N-dealkylation sites (N-methyl/N-ethyl adjacent to an activating group) is 1. The van der Waals surface area contributed by atoms with Crippen molar-refractivity contribution in [3.05, 3.63) is 78.8 Å². The van der Waals surface area contributed by atoms with Crippen molar-refractivity contribution in [3.63, 3.8) is 0 Å². The lowest BCUT2D eigenvalue weighted by atomic mass is 9.87. The monoisotopic (exact) mass is 433 g/mol. The van der Waals surface area contributed by atoms with Crippen LogP contribution in [-0.2, 0) is 6.54 Å². The van der Waals surface area contributed by atoms with E-state index >= 15 is 0 Å². The molecule has 5 nitrogen and oxygen atoms in total. The van der Waals surface area contributed by atoms with Crippen molar-refractivity contribution < 1.29 is 0 Å². The van der Waals surface area contributed by atoms with Crippen LogP contribution >= 0.6 is 0 Å². The van der Waals surface area contributed by atoms with Crippen LogP contribution in [-0.4, -0.2) is 57.0 Å². The van der Waals surface area contributed by atoms with Crippen molar-refractivity contribution in [2.75, 3.05) is 20.1 Å². The zero-order valence-corrected chi connectivity index (χ0v) is 18.8. The molecule has 0 amide bonds. The van der Waals surface area contributed by atoms with Gasteiger partial charge in [0.25, 0.3) is 0 Å². The van der Waals surface area contributed by atoms with Crippen LogP contribution in [0.5, 0.6) is 0 Å². The van der Waals surface area contributed by atoms with Gasteiger partial charge in [-0.25, -0.2) is 4.98 Å². The number of pyridine rings is 1. The number of piperazine rings is 1. The minimum atomic E-state index is 0.734. The first-order valence-electron chi connectivity index (χ1n) is 11.8. The largest absolute Gasteiger partial charge is 0.361 e. The predicted molar refractivity (Wildman–Crippen MR) is 134 cm³/mol. The van der Waals surface area contributed by atoms with E-state index in [0.29, 0.717) is 0 Å². The van der Waals surface area contributed by atoms with Crippen LogP contribution in [0.15, 0.2) is 73.2 Å². The Morgan fingerprint density at radius 3 is 2.58 bits per heavy atom. The number of nitrogens with one attached hydrogen (secondary N) is 2. The van der Waals surface area contributed by atoms with Gasteiger partial charge in [-0.1, -0.05) is 30.3 Å². The number of hydrogen-bond acceptors (Lipinski definition) is 3. The maximum Gasteiger partial charge on any atom is 0.137 e. The van der Waals surface area contributed by atoms with E-state index in [1.54, 1.807) is 0 Å². The first-order valence-corrected chi connectivity index (χ1v) is 11.8. The Morgan fingerprint density at radius 2 is 1.73 bits per heavy atom. The van der Waals surface area contributed by atoms with Crippen LogP contribution in [0.4, 0.5) is 0 Å². The molecule has 0 aliphatic carbocycles. The Hall–Kier alpha value is -3.41. The van der Waals surface area contributed by atoms with Gasteiger partial charge in [0.05, 0.1) is 0 Å². The van der Waals surface area contributed by atoms with Gasteiger partial charge in [0.1, 0.15) is 5.65 Å². The van der Waals surface area contributed by atoms with Crippen LogP contribution in [0.3, 0.4) is 0 Å². The van der Waals surface area contributed by atoms with E-state index in [1.807, 2.05) is 12.4 Å². The zero-order chi connectivity index (χ0) is 21.9.